The van der Waals surface area contributed by atoms with Gasteiger partial charge >= 0.3 is 6.61 Å². The van der Waals surface area contributed by atoms with E-state index >= 15 is 0 Å². The summed E-state index contributed by atoms with van der Waals surface area (Å²) in [4.78, 5) is 0. The van der Waals surface area contributed by atoms with Crippen LogP contribution in [0.1, 0.15) is 38.3 Å². The molecule has 0 amide bonds. The van der Waals surface area contributed by atoms with Gasteiger partial charge < -0.3 is 14.8 Å². The van der Waals surface area contributed by atoms with Gasteiger partial charge in [0.15, 0.2) is 0 Å². The Labute approximate surface area is 119 Å². The molecule has 114 valence electrons. The molecule has 1 unspecified atom stereocenters. The molecule has 1 aromatic rings. The third-order valence-corrected chi connectivity index (χ3v) is 3.45. The van der Waals surface area contributed by atoms with Crippen LogP contribution < -0.4 is 10.1 Å². The Morgan fingerprint density at radius 1 is 1.25 bits per heavy atom. The second-order valence-electron chi connectivity index (χ2n) is 5.26. The molecule has 0 aliphatic carbocycles. The molecule has 0 aliphatic rings. The van der Waals surface area contributed by atoms with Crippen LogP contribution in [0.5, 0.6) is 5.75 Å². The van der Waals surface area contributed by atoms with Crippen LogP contribution >= 0.6 is 0 Å². The largest absolute Gasteiger partial charge is 0.434 e. The minimum Gasteiger partial charge on any atom is -0.434 e. The van der Waals surface area contributed by atoms with Crippen molar-refractivity contribution >= 4 is 0 Å². The summed E-state index contributed by atoms with van der Waals surface area (Å²) in [5.74, 6) is 0.220. The number of rotatable bonds is 8. The molecule has 1 rings (SSSR count). The van der Waals surface area contributed by atoms with Crippen molar-refractivity contribution < 1.29 is 18.3 Å². The highest BCUT2D eigenvalue weighted by atomic mass is 19.3. The number of nitrogens with one attached hydrogen (secondary N) is 1. The third kappa shape index (κ3) is 5.06. The summed E-state index contributed by atoms with van der Waals surface area (Å²) in [7, 11) is 3.48. The smallest absolute Gasteiger partial charge is 0.387 e. The predicted molar refractivity (Wildman–Crippen MR) is 75.2 cm³/mol. The molecule has 5 heteroatoms. The number of hydrogen-bond acceptors (Lipinski definition) is 3. The second-order valence-corrected chi connectivity index (χ2v) is 5.26. The first-order valence-electron chi connectivity index (χ1n) is 6.66. The third-order valence-electron chi connectivity index (χ3n) is 3.45. The van der Waals surface area contributed by atoms with E-state index in [1.54, 1.807) is 25.3 Å². The summed E-state index contributed by atoms with van der Waals surface area (Å²) < 4.78 is 34.8. The highest BCUT2D eigenvalue weighted by molar-refractivity contribution is 5.36. The molecular formula is C15H23F2NO2. The standard InChI is InChI=1S/C15H23F2NO2/c1-15(2,19-4)10-9-12(18-3)11-7-5-6-8-13(11)20-14(16)17/h5-8,12,14,18H,9-10H2,1-4H3. The topological polar surface area (TPSA) is 30.5 Å². The molecule has 0 radical (unpaired) electrons. The molecule has 0 bridgehead atoms. The normalized spacial score (nSPS) is 13.6. The van der Waals surface area contributed by atoms with Gasteiger partial charge in [0, 0.05) is 18.7 Å². The van der Waals surface area contributed by atoms with E-state index in [1.165, 1.54) is 0 Å². The van der Waals surface area contributed by atoms with E-state index in [2.05, 4.69) is 10.1 Å². The molecule has 0 aromatic heterocycles. The molecule has 0 heterocycles. The average molecular weight is 287 g/mol. The van der Waals surface area contributed by atoms with Gasteiger partial charge in [-0.1, -0.05) is 18.2 Å². The van der Waals surface area contributed by atoms with Crippen LogP contribution in [0.3, 0.4) is 0 Å². The number of alkyl halides is 2. The first kappa shape index (κ1) is 16.9. The lowest BCUT2D eigenvalue weighted by molar-refractivity contribution is -0.0508. The molecule has 3 nitrogen and oxygen atoms in total. The molecule has 1 aromatic carbocycles. The first-order valence-corrected chi connectivity index (χ1v) is 6.66. The lowest BCUT2D eigenvalue weighted by Gasteiger charge is -2.26. The van der Waals surface area contributed by atoms with Crippen molar-refractivity contribution in [3.05, 3.63) is 29.8 Å². The molecular weight excluding hydrogens is 264 g/mol. The summed E-state index contributed by atoms with van der Waals surface area (Å²) in [5.41, 5.74) is 0.496. The predicted octanol–water partition coefficient (Wildman–Crippen LogP) is 3.75. The Hall–Kier alpha value is -1.20. The SMILES string of the molecule is CNC(CCC(C)(C)OC)c1ccccc1OC(F)F. The minimum absolute atomic E-state index is 0.0561. The molecule has 0 saturated carbocycles. The maximum absolute atomic E-state index is 12.4. The minimum atomic E-state index is -2.82. The van der Waals surface area contributed by atoms with Gasteiger partial charge in [0.25, 0.3) is 0 Å². The van der Waals surface area contributed by atoms with Crippen LogP contribution in [0.4, 0.5) is 8.78 Å². The summed E-state index contributed by atoms with van der Waals surface area (Å²) in [5, 5.41) is 3.15. The van der Waals surface area contributed by atoms with Crippen molar-refractivity contribution in [1.82, 2.24) is 5.32 Å². The fraction of sp³-hybridized carbons (Fsp3) is 0.600. The van der Waals surface area contributed by atoms with Crippen molar-refractivity contribution in [2.45, 2.75) is 44.9 Å². The van der Waals surface area contributed by atoms with Crippen molar-refractivity contribution in [3.8, 4) is 5.75 Å². The van der Waals surface area contributed by atoms with Crippen LogP contribution in [-0.2, 0) is 4.74 Å². The van der Waals surface area contributed by atoms with E-state index in [1.807, 2.05) is 27.0 Å². The van der Waals surface area contributed by atoms with Crippen molar-refractivity contribution in [1.29, 1.82) is 0 Å². The molecule has 1 atom stereocenters. The number of ether oxygens (including phenoxy) is 2. The van der Waals surface area contributed by atoms with Gasteiger partial charge in [-0.15, -0.1) is 0 Å². The number of para-hydroxylation sites is 1. The highest BCUT2D eigenvalue weighted by Crippen LogP contribution is 2.31. The van der Waals surface area contributed by atoms with E-state index in [4.69, 9.17) is 4.74 Å². The number of halogens is 2. The van der Waals surface area contributed by atoms with Crippen LogP contribution in [0, 0.1) is 0 Å². The van der Waals surface area contributed by atoms with E-state index in [0.717, 1.165) is 18.4 Å². The Bertz CT molecular complexity index is 411. The zero-order chi connectivity index (χ0) is 15.2. The molecule has 0 spiro atoms. The maximum Gasteiger partial charge on any atom is 0.387 e. The fourth-order valence-corrected chi connectivity index (χ4v) is 2.02. The van der Waals surface area contributed by atoms with E-state index in [9.17, 15) is 8.78 Å². The van der Waals surface area contributed by atoms with Gasteiger partial charge in [-0.25, -0.2) is 0 Å². The number of hydrogen-bond donors (Lipinski definition) is 1. The van der Waals surface area contributed by atoms with Gasteiger partial charge in [0.1, 0.15) is 5.75 Å². The lowest BCUT2D eigenvalue weighted by atomic mass is 9.94. The Balaban J connectivity index is 2.84. The Morgan fingerprint density at radius 3 is 2.45 bits per heavy atom. The van der Waals surface area contributed by atoms with Gasteiger partial charge in [-0.2, -0.15) is 8.78 Å². The summed E-state index contributed by atoms with van der Waals surface area (Å²) in [6.07, 6.45) is 1.57. The van der Waals surface area contributed by atoms with E-state index in [-0.39, 0.29) is 17.4 Å². The van der Waals surface area contributed by atoms with Gasteiger partial charge in [0.2, 0.25) is 0 Å². The second kappa shape index (κ2) is 7.55. The van der Waals surface area contributed by atoms with Gasteiger partial charge in [-0.3, -0.25) is 0 Å². The number of methoxy groups -OCH3 is 1. The van der Waals surface area contributed by atoms with Crippen LogP contribution in [-0.4, -0.2) is 26.4 Å². The van der Waals surface area contributed by atoms with E-state index in [0.29, 0.717) is 0 Å². The quantitative estimate of drug-likeness (QED) is 0.790. The molecule has 0 aliphatic heterocycles. The summed E-state index contributed by atoms with van der Waals surface area (Å²) in [6.45, 7) is 1.19. The van der Waals surface area contributed by atoms with Crippen LogP contribution in [0.25, 0.3) is 0 Å². The van der Waals surface area contributed by atoms with Gasteiger partial charge in [0.05, 0.1) is 5.60 Å². The molecule has 1 N–H and O–H groups in total. The first-order chi connectivity index (χ1) is 9.39. The average Bonchev–Trinajstić information content (AvgIpc) is 2.40. The molecule has 0 saturated heterocycles. The van der Waals surface area contributed by atoms with Gasteiger partial charge in [-0.05, 0) is 39.8 Å². The Morgan fingerprint density at radius 2 is 1.90 bits per heavy atom. The number of benzene rings is 1. The van der Waals surface area contributed by atoms with Crippen molar-refractivity contribution in [2.75, 3.05) is 14.2 Å². The zero-order valence-corrected chi connectivity index (χ0v) is 12.5. The van der Waals surface area contributed by atoms with Crippen LogP contribution in [0.15, 0.2) is 24.3 Å². The zero-order valence-electron chi connectivity index (χ0n) is 12.5. The Kier molecular flexibility index (Phi) is 6.36. The molecule has 0 fully saturated rings. The lowest BCUT2D eigenvalue weighted by Crippen LogP contribution is -2.26. The molecule has 20 heavy (non-hydrogen) atoms. The summed E-state index contributed by atoms with van der Waals surface area (Å²) >= 11 is 0. The van der Waals surface area contributed by atoms with E-state index < -0.39 is 6.61 Å². The maximum atomic E-state index is 12.4. The fourth-order valence-electron chi connectivity index (χ4n) is 2.02. The monoisotopic (exact) mass is 287 g/mol. The van der Waals surface area contributed by atoms with Crippen molar-refractivity contribution in [3.63, 3.8) is 0 Å². The summed E-state index contributed by atoms with van der Waals surface area (Å²) in [6, 6.07) is 6.82. The highest BCUT2D eigenvalue weighted by Gasteiger charge is 2.22. The van der Waals surface area contributed by atoms with Crippen LogP contribution in [0.2, 0.25) is 0 Å². The van der Waals surface area contributed by atoms with Crippen molar-refractivity contribution in [2.24, 2.45) is 0 Å².